The average Bonchev–Trinajstić information content (AvgIpc) is 2.43. The summed E-state index contributed by atoms with van der Waals surface area (Å²) in [6, 6.07) is 3.39. The summed E-state index contributed by atoms with van der Waals surface area (Å²) in [7, 11) is 0.277. The van der Waals surface area contributed by atoms with Crippen molar-refractivity contribution >= 4 is 15.7 Å². The van der Waals surface area contributed by atoms with Gasteiger partial charge in [0.05, 0.1) is 18.9 Å². The van der Waals surface area contributed by atoms with Crippen LogP contribution in [-0.2, 0) is 14.8 Å². The largest absolute Gasteiger partial charge is 0.383 e. The summed E-state index contributed by atoms with van der Waals surface area (Å²) in [5, 5.41) is 3.00. The Bertz CT molecular complexity index is 520. The first kappa shape index (κ1) is 17.8. The second-order valence-corrected chi connectivity index (χ2v) is 6.38. The third kappa shape index (κ3) is 6.38. The second-order valence-electron chi connectivity index (χ2n) is 4.70. The van der Waals surface area contributed by atoms with E-state index < -0.39 is 10.0 Å². The van der Waals surface area contributed by atoms with E-state index in [4.69, 9.17) is 4.74 Å². The average molecular weight is 316 g/mol. The molecule has 0 fully saturated rings. The Morgan fingerprint density at radius 3 is 2.76 bits per heavy atom. The van der Waals surface area contributed by atoms with Crippen LogP contribution in [0.3, 0.4) is 0 Å². The number of pyridine rings is 1. The van der Waals surface area contributed by atoms with Gasteiger partial charge in [-0.15, -0.1) is 0 Å². The molecule has 1 heterocycles. The van der Waals surface area contributed by atoms with E-state index in [1.807, 2.05) is 25.9 Å². The van der Waals surface area contributed by atoms with Gasteiger partial charge in [0.1, 0.15) is 0 Å². The minimum atomic E-state index is -3.63. The van der Waals surface area contributed by atoms with E-state index in [-0.39, 0.29) is 11.6 Å². The molecule has 0 saturated carbocycles. The van der Waals surface area contributed by atoms with E-state index >= 15 is 0 Å². The van der Waals surface area contributed by atoms with Crippen molar-refractivity contribution in [3.8, 4) is 0 Å². The Hall–Kier alpha value is -1.22. The Morgan fingerprint density at radius 1 is 1.33 bits per heavy atom. The summed E-state index contributed by atoms with van der Waals surface area (Å²) in [6.45, 7) is 4.45. The molecule has 0 aliphatic rings. The minimum Gasteiger partial charge on any atom is -0.383 e. The van der Waals surface area contributed by atoms with Crippen LogP contribution in [0.15, 0.2) is 23.4 Å². The van der Waals surface area contributed by atoms with Crippen LogP contribution in [0.5, 0.6) is 0 Å². The number of likely N-dealkylation sites (N-methyl/N-ethyl adjacent to an activating group) is 1. The van der Waals surface area contributed by atoms with Crippen LogP contribution in [0, 0.1) is 0 Å². The van der Waals surface area contributed by atoms with Crippen molar-refractivity contribution in [1.82, 2.24) is 14.6 Å². The highest BCUT2D eigenvalue weighted by Crippen LogP contribution is 2.17. The zero-order chi connectivity index (χ0) is 15.7. The number of sulfonamides is 1. The van der Waals surface area contributed by atoms with Crippen molar-refractivity contribution < 1.29 is 13.2 Å². The SMILES string of the molecule is CCNc1cccnc1S(=O)(=O)NCCOCCN(C)C. The Labute approximate surface area is 126 Å². The molecule has 7 nitrogen and oxygen atoms in total. The molecule has 0 radical (unpaired) electrons. The Morgan fingerprint density at radius 2 is 2.10 bits per heavy atom. The Balaban J connectivity index is 2.50. The minimum absolute atomic E-state index is 0.0140. The summed E-state index contributed by atoms with van der Waals surface area (Å²) < 4.78 is 32.2. The molecule has 0 bridgehead atoms. The highest BCUT2D eigenvalue weighted by Gasteiger charge is 2.19. The highest BCUT2D eigenvalue weighted by molar-refractivity contribution is 7.89. The van der Waals surface area contributed by atoms with Crippen LogP contribution < -0.4 is 10.0 Å². The lowest BCUT2D eigenvalue weighted by atomic mass is 10.4. The summed E-state index contributed by atoms with van der Waals surface area (Å²) in [5.74, 6) is 0. The van der Waals surface area contributed by atoms with Crippen molar-refractivity contribution in [3.63, 3.8) is 0 Å². The molecule has 1 rings (SSSR count). The van der Waals surface area contributed by atoms with E-state index in [1.54, 1.807) is 12.1 Å². The van der Waals surface area contributed by atoms with Gasteiger partial charge in [0, 0.05) is 25.8 Å². The van der Waals surface area contributed by atoms with E-state index in [9.17, 15) is 8.42 Å². The topological polar surface area (TPSA) is 83.6 Å². The fourth-order valence-electron chi connectivity index (χ4n) is 1.60. The number of aromatic nitrogens is 1. The van der Waals surface area contributed by atoms with Crippen molar-refractivity contribution in [3.05, 3.63) is 18.3 Å². The fourth-order valence-corrected chi connectivity index (χ4v) is 2.71. The molecule has 0 saturated heterocycles. The number of nitrogens with one attached hydrogen (secondary N) is 2. The van der Waals surface area contributed by atoms with Crippen LogP contribution in [-0.4, -0.2) is 65.2 Å². The normalized spacial score (nSPS) is 11.8. The molecule has 0 amide bonds. The molecule has 0 aliphatic heterocycles. The number of ether oxygens (including phenoxy) is 1. The van der Waals surface area contributed by atoms with Gasteiger partial charge in [-0.05, 0) is 33.2 Å². The molecule has 21 heavy (non-hydrogen) atoms. The number of hydrogen-bond donors (Lipinski definition) is 2. The smallest absolute Gasteiger partial charge is 0.260 e. The molecule has 0 aliphatic carbocycles. The van der Waals surface area contributed by atoms with Crippen LogP contribution in [0.1, 0.15) is 6.92 Å². The van der Waals surface area contributed by atoms with Crippen LogP contribution in [0.4, 0.5) is 5.69 Å². The first-order chi connectivity index (χ1) is 9.97. The lowest BCUT2D eigenvalue weighted by Gasteiger charge is -2.12. The molecule has 0 aromatic carbocycles. The predicted molar refractivity (Wildman–Crippen MR) is 83.0 cm³/mol. The first-order valence-electron chi connectivity index (χ1n) is 6.88. The highest BCUT2D eigenvalue weighted by atomic mass is 32.2. The predicted octanol–water partition coefficient (Wildman–Crippen LogP) is 0.370. The maximum absolute atomic E-state index is 12.2. The van der Waals surface area contributed by atoms with Gasteiger partial charge in [-0.1, -0.05) is 0 Å². The number of hydrogen-bond acceptors (Lipinski definition) is 6. The third-order valence-corrected chi connectivity index (χ3v) is 4.03. The van der Waals surface area contributed by atoms with Crippen LogP contribution in [0.25, 0.3) is 0 Å². The maximum atomic E-state index is 12.2. The van der Waals surface area contributed by atoms with E-state index in [1.165, 1.54) is 6.20 Å². The molecular formula is C13H24N4O3S. The van der Waals surface area contributed by atoms with Gasteiger partial charge in [-0.2, -0.15) is 0 Å². The molecule has 0 spiro atoms. The van der Waals surface area contributed by atoms with Crippen LogP contribution in [0.2, 0.25) is 0 Å². The van der Waals surface area contributed by atoms with E-state index in [0.717, 1.165) is 6.54 Å². The first-order valence-corrected chi connectivity index (χ1v) is 8.36. The van der Waals surface area contributed by atoms with Gasteiger partial charge in [0.25, 0.3) is 10.0 Å². The fraction of sp³-hybridized carbons (Fsp3) is 0.615. The van der Waals surface area contributed by atoms with Gasteiger partial charge in [-0.25, -0.2) is 18.1 Å². The number of anilines is 1. The molecule has 1 aromatic rings. The van der Waals surface area contributed by atoms with Gasteiger partial charge in [0.15, 0.2) is 5.03 Å². The van der Waals surface area contributed by atoms with Crippen molar-refractivity contribution in [2.75, 3.05) is 52.3 Å². The second kappa shape index (κ2) is 8.93. The van der Waals surface area contributed by atoms with Gasteiger partial charge >= 0.3 is 0 Å². The van der Waals surface area contributed by atoms with E-state index in [2.05, 4.69) is 15.0 Å². The standard InChI is InChI=1S/C13H24N4O3S/c1-4-14-12-6-5-7-15-13(12)21(18,19)16-8-10-20-11-9-17(2)3/h5-7,14,16H,4,8-11H2,1-3H3. The lowest BCUT2D eigenvalue weighted by molar-refractivity contribution is 0.122. The zero-order valence-corrected chi connectivity index (χ0v) is 13.6. The van der Waals surface area contributed by atoms with Gasteiger partial charge in [0.2, 0.25) is 0 Å². The Kier molecular flexibility index (Phi) is 7.58. The van der Waals surface area contributed by atoms with Crippen LogP contribution >= 0.6 is 0 Å². The summed E-state index contributed by atoms with van der Waals surface area (Å²) in [6.07, 6.45) is 1.46. The zero-order valence-electron chi connectivity index (χ0n) is 12.8. The lowest BCUT2D eigenvalue weighted by Crippen LogP contribution is -2.29. The molecular weight excluding hydrogens is 292 g/mol. The third-order valence-electron chi connectivity index (χ3n) is 2.61. The van der Waals surface area contributed by atoms with Crippen molar-refractivity contribution in [2.45, 2.75) is 11.9 Å². The molecule has 8 heteroatoms. The molecule has 2 N–H and O–H groups in total. The molecule has 0 atom stereocenters. The van der Waals surface area contributed by atoms with E-state index in [0.29, 0.717) is 25.4 Å². The quantitative estimate of drug-likeness (QED) is 0.607. The monoisotopic (exact) mass is 316 g/mol. The van der Waals surface area contributed by atoms with Crippen molar-refractivity contribution in [2.24, 2.45) is 0 Å². The number of nitrogens with zero attached hydrogens (tertiary/aromatic N) is 2. The molecule has 120 valence electrons. The summed E-state index contributed by atoms with van der Waals surface area (Å²) in [5.41, 5.74) is 0.501. The van der Waals surface area contributed by atoms with Gasteiger partial charge in [-0.3, -0.25) is 0 Å². The molecule has 1 aromatic heterocycles. The summed E-state index contributed by atoms with van der Waals surface area (Å²) >= 11 is 0. The molecule has 0 unspecified atom stereocenters. The van der Waals surface area contributed by atoms with Crippen molar-refractivity contribution in [1.29, 1.82) is 0 Å². The maximum Gasteiger partial charge on any atom is 0.260 e. The summed E-state index contributed by atoms with van der Waals surface area (Å²) in [4.78, 5) is 5.95. The van der Waals surface area contributed by atoms with Gasteiger partial charge < -0.3 is 15.0 Å². The number of rotatable bonds is 10.